The van der Waals surface area contributed by atoms with Crippen molar-refractivity contribution in [2.75, 3.05) is 13.1 Å². The van der Waals surface area contributed by atoms with E-state index >= 15 is 0 Å². The van der Waals surface area contributed by atoms with Crippen LogP contribution in [0, 0.1) is 0 Å². The molecule has 0 aromatic heterocycles. The number of rotatable bonds is 15. The van der Waals surface area contributed by atoms with Crippen molar-refractivity contribution in [1.82, 2.24) is 4.90 Å². The van der Waals surface area contributed by atoms with Crippen LogP contribution in [0.25, 0.3) is 0 Å². The van der Waals surface area contributed by atoms with Crippen molar-refractivity contribution < 1.29 is 5.11 Å². The molecule has 0 unspecified atom stereocenters. The zero-order valence-corrected chi connectivity index (χ0v) is 23.8. The molecule has 0 heterocycles. The van der Waals surface area contributed by atoms with Crippen LogP contribution in [0.5, 0.6) is 5.75 Å². The molecular formula is C28H49NOSn. The van der Waals surface area contributed by atoms with Gasteiger partial charge in [-0.15, -0.1) is 0 Å². The van der Waals surface area contributed by atoms with Crippen molar-refractivity contribution in [3.05, 3.63) is 39.5 Å². The Hall–Kier alpha value is -0.481. The van der Waals surface area contributed by atoms with E-state index in [4.69, 9.17) is 0 Å². The summed E-state index contributed by atoms with van der Waals surface area (Å²) in [6, 6.07) is 6.60. The Bertz CT molecular complexity index is 635. The van der Waals surface area contributed by atoms with E-state index < -0.39 is 18.4 Å². The fourth-order valence-corrected chi connectivity index (χ4v) is 19.7. The normalized spacial score (nSPS) is 16.9. The second kappa shape index (κ2) is 14.6. The summed E-state index contributed by atoms with van der Waals surface area (Å²) >= 11 is -2.18. The molecule has 0 bridgehead atoms. The van der Waals surface area contributed by atoms with Crippen LogP contribution in [-0.4, -0.2) is 47.5 Å². The van der Waals surface area contributed by atoms with Gasteiger partial charge in [0.15, 0.2) is 0 Å². The molecule has 1 aromatic carbocycles. The van der Waals surface area contributed by atoms with Crippen molar-refractivity contribution in [3.8, 4) is 5.75 Å². The molecule has 1 aromatic rings. The molecule has 0 aliphatic heterocycles. The quantitative estimate of drug-likeness (QED) is 0.231. The zero-order valence-electron chi connectivity index (χ0n) is 21.0. The van der Waals surface area contributed by atoms with Gasteiger partial charge in [-0.05, 0) is 0 Å². The molecule has 176 valence electrons. The van der Waals surface area contributed by atoms with Crippen molar-refractivity contribution >= 4 is 18.4 Å². The van der Waals surface area contributed by atoms with E-state index in [0.717, 1.165) is 19.4 Å². The predicted octanol–water partition coefficient (Wildman–Crippen LogP) is 7.91. The van der Waals surface area contributed by atoms with Gasteiger partial charge in [0.2, 0.25) is 0 Å². The van der Waals surface area contributed by atoms with Crippen LogP contribution in [0.2, 0.25) is 13.3 Å². The summed E-state index contributed by atoms with van der Waals surface area (Å²) in [5.41, 5.74) is 2.80. The molecule has 31 heavy (non-hydrogen) atoms. The van der Waals surface area contributed by atoms with Gasteiger partial charge in [0.1, 0.15) is 0 Å². The molecule has 1 N–H and O–H groups in total. The van der Waals surface area contributed by atoms with Gasteiger partial charge >= 0.3 is 198 Å². The monoisotopic (exact) mass is 535 g/mol. The van der Waals surface area contributed by atoms with E-state index in [1.807, 2.05) is 12.1 Å². The number of benzene rings is 1. The number of unbranched alkanes of at least 4 members (excludes halogenated alkanes) is 3. The number of aromatic hydroxyl groups is 1. The summed E-state index contributed by atoms with van der Waals surface area (Å²) in [6.07, 6.45) is 15.7. The molecule has 1 aliphatic rings. The van der Waals surface area contributed by atoms with Crippen molar-refractivity contribution in [2.45, 2.75) is 111 Å². The Morgan fingerprint density at radius 2 is 1.58 bits per heavy atom. The minimum absolute atomic E-state index is 0.419. The van der Waals surface area contributed by atoms with E-state index in [-0.39, 0.29) is 0 Å². The summed E-state index contributed by atoms with van der Waals surface area (Å²) in [7, 11) is 0. The third-order valence-electron chi connectivity index (χ3n) is 7.32. The number of phenolic OH excluding ortho intramolecular Hbond substituents is 1. The van der Waals surface area contributed by atoms with Crippen LogP contribution >= 0.6 is 0 Å². The van der Waals surface area contributed by atoms with Gasteiger partial charge in [0.25, 0.3) is 0 Å². The average molecular weight is 534 g/mol. The van der Waals surface area contributed by atoms with Crippen molar-refractivity contribution in [2.24, 2.45) is 0 Å². The molecule has 0 saturated carbocycles. The molecule has 0 spiro atoms. The van der Waals surface area contributed by atoms with Gasteiger partial charge in [-0.3, -0.25) is 0 Å². The van der Waals surface area contributed by atoms with E-state index in [9.17, 15) is 5.11 Å². The number of fused-ring (bicyclic) bond motifs is 1. The standard InChI is InChI=1S/C16H22NO.3C4H9.Sn/c1-3-9-17(10-4-2)15-7-5-13-6-8-16(18)12-14(13)11-15;3*1-3-4-2;/h1,3,6,8,12,15,18H,4-5,7,9-11H2,2H3;3*1,3-4H2,2H3;/t15-;;;;/m1..../s1. The van der Waals surface area contributed by atoms with Gasteiger partial charge in [-0.1, -0.05) is 0 Å². The van der Waals surface area contributed by atoms with Gasteiger partial charge in [0, 0.05) is 0 Å². The zero-order chi connectivity index (χ0) is 22.5. The number of hydrogen-bond acceptors (Lipinski definition) is 2. The van der Waals surface area contributed by atoms with E-state index in [1.165, 1.54) is 69.0 Å². The molecule has 3 heteroatoms. The van der Waals surface area contributed by atoms with Crippen LogP contribution < -0.4 is 0 Å². The summed E-state index contributed by atoms with van der Waals surface area (Å²) in [5, 5.41) is 9.94. The maximum atomic E-state index is 9.94. The Morgan fingerprint density at radius 1 is 0.935 bits per heavy atom. The van der Waals surface area contributed by atoms with Gasteiger partial charge in [0.05, 0.1) is 0 Å². The Balaban J connectivity index is 2.10. The van der Waals surface area contributed by atoms with E-state index in [1.54, 1.807) is 13.3 Å². The summed E-state index contributed by atoms with van der Waals surface area (Å²) in [4.78, 5) is 2.74. The van der Waals surface area contributed by atoms with Crippen LogP contribution in [0.1, 0.15) is 90.2 Å². The number of phenols is 1. The Labute approximate surface area is 197 Å². The SMILES string of the molecule is CCC[CH2][Sn](/[CH]=C/CN(CCC)[C@@H]1CCc2ccc(O)cc2C1)([CH2]CCC)[CH2]CCC. The molecule has 0 fully saturated rings. The average Bonchev–Trinajstić information content (AvgIpc) is 2.78. The van der Waals surface area contributed by atoms with Gasteiger partial charge < -0.3 is 0 Å². The second-order valence-corrected chi connectivity index (χ2v) is 22.9. The molecule has 1 aliphatic carbocycles. The van der Waals surface area contributed by atoms with Gasteiger partial charge in [-0.2, -0.15) is 0 Å². The molecular weight excluding hydrogens is 485 g/mol. The molecule has 2 nitrogen and oxygen atoms in total. The fourth-order valence-electron chi connectivity index (χ4n) is 5.40. The first-order valence-electron chi connectivity index (χ1n) is 13.3. The van der Waals surface area contributed by atoms with E-state index in [2.05, 4.69) is 48.8 Å². The number of nitrogens with zero attached hydrogens (tertiary/aromatic N) is 1. The molecule has 0 radical (unpaired) electrons. The molecule has 0 amide bonds. The van der Waals surface area contributed by atoms with Crippen LogP contribution in [0.15, 0.2) is 28.4 Å². The van der Waals surface area contributed by atoms with Crippen LogP contribution in [0.4, 0.5) is 0 Å². The minimum atomic E-state index is -2.18. The number of hydrogen-bond donors (Lipinski definition) is 1. The fraction of sp³-hybridized carbons (Fsp3) is 0.714. The van der Waals surface area contributed by atoms with Crippen molar-refractivity contribution in [3.63, 3.8) is 0 Å². The topological polar surface area (TPSA) is 23.5 Å². The molecule has 2 rings (SSSR count). The Morgan fingerprint density at radius 3 is 2.16 bits per heavy atom. The van der Waals surface area contributed by atoms with Gasteiger partial charge in [-0.25, -0.2) is 0 Å². The van der Waals surface area contributed by atoms with E-state index in [0.29, 0.717) is 11.8 Å². The van der Waals surface area contributed by atoms with Crippen LogP contribution in [-0.2, 0) is 12.8 Å². The predicted molar refractivity (Wildman–Crippen MR) is 140 cm³/mol. The first-order valence-corrected chi connectivity index (χ1v) is 21.0. The molecule has 1 atom stereocenters. The molecule has 0 saturated heterocycles. The third kappa shape index (κ3) is 8.76. The summed E-state index contributed by atoms with van der Waals surface area (Å²) < 4.78 is 7.53. The second-order valence-electron chi connectivity index (χ2n) is 9.92. The first kappa shape index (κ1) is 26.8. The summed E-state index contributed by atoms with van der Waals surface area (Å²) in [5.74, 6) is 0.419. The third-order valence-corrected chi connectivity index (χ3v) is 21.6. The number of aryl methyl sites for hydroxylation is 1. The summed E-state index contributed by atoms with van der Waals surface area (Å²) in [6.45, 7) is 11.7. The Kier molecular flexibility index (Phi) is 12.6. The van der Waals surface area contributed by atoms with Crippen LogP contribution in [0.3, 0.4) is 0 Å². The van der Waals surface area contributed by atoms with Crippen molar-refractivity contribution in [1.29, 1.82) is 0 Å². The maximum absolute atomic E-state index is 9.94. The first-order chi connectivity index (χ1) is 15.1.